The SMILES string of the molecule is CC[C@H](C)N(CC(=O)Nc1ccon1)C(=O)N(C)C. The van der Waals surface area contributed by atoms with E-state index in [1.807, 2.05) is 13.8 Å². The molecule has 1 N–H and O–H groups in total. The molecule has 0 radical (unpaired) electrons. The predicted octanol–water partition coefficient (Wildman–Crippen LogP) is 1.40. The minimum absolute atomic E-state index is 0.0150. The van der Waals surface area contributed by atoms with Crippen molar-refractivity contribution in [3.05, 3.63) is 12.3 Å². The Bertz CT molecular complexity index is 417. The standard InChI is InChI=1S/C12H20N4O3/c1-5-9(2)16(12(18)15(3)4)8-11(17)13-10-6-7-19-14-10/h6-7,9H,5,8H2,1-4H3,(H,13,14,17)/t9-/m0/s1. The highest BCUT2D eigenvalue weighted by Crippen LogP contribution is 2.08. The molecule has 3 amide bonds. The van der Waals surface area contributed by atoms with Crippen LogP contribution < -0.4 is 5.32 Å². The molecule has 0 aromatic carbocycles. The van der Waals surface area contributed by atoms with Gasteiger partial charge in [-0.05, 0) is 13.3 Å². The summed E-state index contributed by atoms with van der Waals surface area (Å²) in [5.41, 5.74) is 0. The fraction of sp³-hybridized carbons (Fsp3) is 0.583. The number of carbonyl (C=O) groups excluding carboxylic acids is 2. The van der Waals surface area contributed by atoms with Crippen LogP contribution in [0.25, 0.3) is 0 Å². The predicted molar refractivity (Wildman–Crippen MR) is 70.7 cm³/mol. The molecule has 106 valence electrons. The Morgan fingerprint density at radius 1 is 1.47 bits per heavy atom. The van der Waals surface area contributed by atoms with Gasteiger partial charge in [0.25, 0.3) is 0 Å². The number of nitrogens with one attached hydrogen (secondary N) is 1. The Kier molecular flexibility index (Phi) is 5.35. The molecule has 0 aliphatic heterocycles. The highest BCUT2D eigenvalue weighted by molar-refractivity contribution is 5.93. The largest absolute Gasteiger partial charge is 0.363 e. The van der Waals surface area contributed by atoms with Gasteiger partial charge in [0.15, 0.2) is 5.82 Å². The van der Waals surface area contributed by atoms with Crippen LogP contribution in [-0.4, -0.2) is 53.6 Å². The molecule has 0 aliphatic rings. The van der Waals surface area contributed by atoms with E-state index in [0.29, 0.717) is 5.82 Å². The van der Waals surface area contributed by atoms with Crippen LogP contribution in [0.15, 0.2) is 16.9 Å². The number of nitrogens with zero attached hydrogens (tertiary/aromatic N) is 3. The molecule has 0 fully saturated rings. The monoisotopic (exact) mass is 268 g/mol. The summed E-state index contributed by atoms with van der Waals surface area (Å²) in [4.78, 5) is 26.9. The highest BCUT2D eigenvalue weighted by atomic mass is 16.5. The van der Waals surface area contributed by atoms with Crippen molar-refractivity contribution >= 4 is 17.8 Å². The third-order valence-electron chi connectivity index (χ3n) is 2.77. The van der Waals surface area contributed by atoms with Crippen LogP contribution in [0.1, 0.15) is 20.3 Å². The number of anilines is 1. The molecule has 1 aromatic rings. The summed E-state index contributed by atoms with van der Waals surface area (Å²) < 4.78 is 4.62. The second kappa shape index (κ2) is 6.77. The van der Waals surface area contributed by atoms with Gasteiger partial charge in [0.05, 0.1) is 0 Å². The molecule has 1 aromatic heterocycles. The number of rotatable bonds is 5. The molecule has 0 bridgehead atoms. The average Bonchev–Trinajstić information content (AvgIpc) is 2.86. The molecule has 0 aliphatic carbocycles. The van der Waals surface area contributed by atoms with E-state index in [4.69, 9.17) is 0 Å². The zero-order valence-electron chi connectivity index (χ0n) is 11.7. The number of hydrogen-bond acceptors (Lipinski definition) is 4. The number of carbonyl (C=O) groups is 2. The topological polar surface area (TPSA) is 78.7 Å². The van der Waals surface area contributed by atoms with Gasteiger partial charge in [0.1, 0.15) is 12.8 Å². The van der Waals surface area contributed by atoms with Gasteiger partial charge in [-0.1, -0.05) is 12.1 Å². The van der Waals surface area contributed by atoms with Crippen molar-refractivity contribution in [3.63, 3.8) is 0 Å². The summed E-state index contributed by atoms with van der Waals surface area (Å²) in [5.74, 6) is 0.0378. The van der Waals surface area contributed by atoms with Crippen LogP contribution in [0.2, 0.25) is 0 Å². The molecule has 1 atom stereocenters. The van der Waals surface area contributed by atoms with Gasteiger partial charge >= 0.3 is 6.03 Å². The van der Waals surface area contributed by atoms with Crippen molar-refractivity contribution in [2.75, 3.05) is 26.0 Å². The fourth-order valence-corrected chi connectivity index (χ4v) is 1.50. The Labute approximate surface area is 112 Å². The summed E-state index contributed by atoms with van der Waals surface area (Å²) in [7, 11) is 3.32. The first-order valence-corrected chi connectivity index (χ1v) is 6.13. The Balaban J connectivity index is 2.66. The molecule has 0 spiro atoms. The van der Waals surface area contributed by atoms with Crippen molar-refractivity contribution < 1.29 is 14.1 Å². The Morgan fingerprint density at radius 3 is 2.63 bits per heavy atom. The third kappa shape index (κ3) is 4.27. The van der Waals surface area contributed by atoms with Crippen molar-refractivity contribution in [2.24, 2.45) is 0 Å². The van der Waals surface area contributed by atoms with E-state index in [9.17, 15) is 9.59 Å². The van der Waals surface area contributed by atoms with Gasteiger partial charge in [-0.2, -0.15) is 0 Å². The van der Waals surface area contributed by atoms with E-state index in [1.165, 1.54) is 16.1 Å². The number of amides is 3. The van der Waals surface area contributed by atoms with Gasteiger partial charge < -0.3 is 19.6 Å². The summed E-state index contributed by atoms with van der Waals surface area (Å²) in [6.07, 6.45) is 2.14. The van der Waals surface area contributed by atoms with E-state index < -0.39 is 0 Å². The summed E-state index contributed by atoms with van der Waals surface area (Å²) in [6, 6.07) is 1.34. The first kappa shape index (κ1) is 15.0. The third-order valence-corrected chi connectivity index (χ3v) is 2.77. The summed E-state index contributed by atoms with van der Waals surface area (Å²) in [5, 5.41) is 6.16. The molecule has 1 rings (SSSR count). The molecular formula is C12H20N4O3. The maximum absolute atomic E-state index is 12.0. The summed E-state index contributed by atoms with van der Waals surface area (Å²) >= 11 is 0. The maximum Gasteiger partial charge on any atom is 0.320 e. The lowest BCUT2D eigenvalue weighted by atomic mass is 10.2. The zero-order valence-corrected chi connectivity index (χ0v) is 11.7. The highest BCUT2D eigenvalue weighted by Gasteiger charge is 2.23. The van der Waals surface area contributed by atoms with Crippen molar-refractivity contribution in [2.45, 2.75) is 26.3 Å². The molecule has 7 nitrogen and oxygen atoms in total. The first-order chi connectivity index (χ1) is 8.95. The van der Waals surface area contributed by atoms with E-state index in [0.717, 1.165) is 6.42 Å². The maximum atomic E-state index is 12.0. The van der Waals surface area contributed by atoms with Crippen LogP contribution in [-0.2, 0) is 4.79 Å². The Hall–Kier alpha value is -2.05. The second-order valence-electron chi connectivity index (χ2n) is 4.50. The average molecular weight is 268 g/mol. The van der Waals surface area contributed by atoms with Crippen molar-refractivity contribution in [3.8, 4) is 0 Å². The molecular weight excluding hydrogens is 248 g/mol. The Morgan fingerprint density at radius 2 is 2.16 bits per heavy atom. The van der Waals surface area contributed by atoms with E-state index >= 15 is 0 Å². The molecule has 1 heterocycles. The molecule has 19 heavy (non-hydrogen) atoms. The smallest absolute Gasteiger partial charge is 0.320 e. The van der Waals surface area contributed by atoms with Gasteiger partial charge in [-0.15, -0.1) is 0 Å². The van der Waals surface area contributed by atoms with Crippen LogP contribution >= 0.6 is 0 Å². The first-order valence-electron chi connectivity index (χ1n) is 6.13. The van der Waals surface area contributed by atoms with Crippen LogP contribution in [0, 0.1) is 0 Å². The minimum Gasteiger partial charge on any atom is -0.363 e. The van der Waals surface area contributed by atoms with Gasteiger partial charge in [-0.3, -0.25) is 4.79 Å². The zero-order chi connectivity index (χ0) is 14.4. The molecule has 0 unspecified atom stereocenters. The van der Waals surface area contributed by atoms with Crippen molar-refractivity contribution in [1.82, 2.24) is 15.0 Å². The van der Waals surface area contributed by atoms with E-state index in [2.05, 4.69) is 15.0 Å². The van der Waals surface area contributed by atoms with E-state index in [-0.39, 0.29) is 24.5 Å². The van der Waals surface area contributed by atoms with Gasteiger partial charge in [0, 0.05) is 26.2 Å². The second-order valence-corrected chi connectivity index (χ2v) is 4.50. The number of hydrogen-bond donors (Lipinski definition) is 1. The van der Waals surface area contributed by atoms with E-state index in [1.54, 1.807) is 20.2 Å². The number of urea groups is 1. The van der Waals surface area contributed by atoms with Gasteiger partial charge in [0.2, 0.25) is 5.91 Å². The fourth-order valence-electron chi connectivity index (χ4n) is 1.50. The van der Waals surface area contributed by atoms with Crippen LogP contribution in [0.3, 0.4) is 0 Å². The lowest BCUT2D eigenvalue weighted by molar-refractivity contribution is -0.117. The lowest BCUT2D eigenvalue weighted by Gasteiger charge is -2.30. The summed E-state index contributed by atoms with van der Waals surface area (Å²) in [6.45, 7) is 3.86. The molecule has 7 heteroatoms. The van der Waals surface area contributed by atoms with Crippen LogP contribution in [0.5, 0.6) is 0 Å². The minimum atomic E-state index is -0.301. The lowest BCUT2D eigenvalue weighted by Crippen LogP contribution is -2.47. The molecule has 0 saturated heterocycles. The quantitative estimate of drug-likeness (QED) is 0.875. The number of aromatic nitrogens is 1. The van der Waals surface area contributed by atoms with Crippen LogP contribution in [0.4, 0.5) is 10.6 Å². The normalized spacial score (nSPS) is 11.8. The van der Waals surface area contributed by atoms with Crippen molar-refractivity contribution in [1.29, 1.82) is 0 Å². The molecule has 0 saturated carbocycles. The van der Waals surface area contributed by atoms with Gasteiger partial charge in [-0.25, -0.2) is 4.79 Å².